The maximum absolute atomic E-state index is 10.6. The van der Waals surface area contributed by atoms with Crippen molar-refractivity contribution < 1.29 is 24.5 Å². The molecule has 0 aliphatic carbocycles. The van der Waals surface area contributed by atoms with Crippen LogP contribution in [0.25, 0.3) is 0 Å². The predicted octanol–water partition coefficient (Wildman–Crippen LogP) is 3.26. The second kappa shape index (κ2) is 19.6. The van der Waals surface area contributed by atoms with Crippen molar-refractivity contribution in [1.82, 2.24) is 4.90 Å². The second-order valence-electron chi connectivity index (χ2n) is 7.05. The van der Waals surface area contributed by atoms with E-state index in [-0.39, 0.29) is 42.4 Å². The quantitative estimate of drug-likeness (QED) is 0.279. The number of carboxylic acid groups (broad SMARTS) is 2. The van der Waals surface area contributed by atoms with Gasteiger partial charge in [0.15, 0.2) is 0 Å². The van der Waals surface area contributed by atoms with Crippen molar-refractivity contribution in [2.24, 2.45) is 5.92 Å². The number of hydrogen-bond donors (Lipinski definition) is 2. The normalized spacial score (nSPS) is 10.9. The fourth-order valence-corrected chi connectivity index (χ4v) is 2.62. The average Bonchev–Trinajstić information content (AvgIpc) is 2.53. The van der Waals surface area contributed by atoms with Gasteiger partial charge < -0.3 is 19.8 Å². The van der Waals surface area contributed by atoms with E-state index in [0.717, 1.165) is 25.4 Å². The Morgan fingerprint density at radius 3 is 1.85 bits per heavy atom. The second-order valence-corrected chi connectivity index (χ2v) is 7.05. The third-order valence-electron chi connectivity index (χ3n) is 4.12. The van der Waals surface area contributed by atoms with E-state index in [1.165, 1.54) is 32.1 Å². The molecule has 0 aliphatic rings. The third-order valence-corrected chi connectivity index (χ3v) is 4.12. The Kier molecular flexibility index (Phi) is 21.2. The van der Waals surface area contributed by atoms with Crippen LogP contribution in [0, 0.1) is 5.92 Å². The van der Waals surface area contributed by atoms with Crippen molar-refractivity contribution in [2.75, 3.05) is 32.8 Å². The van der Waals surface area contributed by atoms with Crippen LogP contribution in [-0.4, -0.2) is 89.5 Å². The Labute approximate surface area is 181 Å². The van der Waals surface area contributed by atoms with Gasteiger partial charge in [-0.3, -0.25) is 9.59 Å². The summed E-state index contributed by atoms with van der Waals surface area (Å²) in [5.74, 6) is -0.913. The van der Waals surface area contributed by atoms with Crippen molar-refractivity contribution in [3.63, 3.8) is 0 Å². The smallest absolute Gasteiger partial charge is 0.304 e. The Bertz CT molecular complexity index is 335. The molecule has 0 bridgehead atoms. The monoisotopic (exact) mass is 382 g/mol. The minimum absolute atomic E-state index is 0. The molecule has 0 saturated carbocycles. The molecule has 0 unspecified atom stereocenters. The summed E-state index contributed by atoms with van der Waals surface area (Å²) in [6.07, 6.45) is 8.39. The first-order valence-corrected chi connectivity index (χ1v) is 9.65. The molecule has 1 radical (unpaired) electrons. The molecule has 0 aromatic heterocycles. The number of carboxylic acids is 2. The largest absolute Gasteiger partial charge is 0.481 e. The maximum atomic E-state index is 10.6. The zero-order chi connectivity index (χ0) is 18.9. The molecule has 2 N–H and O–H groups in total. The van der Waals surface area contributed by atoms with Gasteiger partial charge in [-0.1, -0.05) is 46.0 Å². The van der Waals surface area contributed by atoms with Crippen molar-refractivity contribution >= 4 is 41.5 Å². The molecule has 6 nitrogen and oxygen atoms in total. The molecule has 0 rings (SSSR count). The molecule has 0 aliphatic heterocycles. The van der Waals surface area contributed by atoms with Gasteiger partial charge in [-0.15, -0.1) is 0 Å². The van der Waals surface area contributed by atoms with Gasteiger partial charge in [-0.05, 0) is 18.8 Å². The molecule has 0 spiro atoms. The first-order chi connectivity index (χ1) is 11.9. The van der Waals surface area contributed by atoms with E-state index < -0.39 is 11.9 Å². The van der Waals surface area contributed by atoms with Crippen molar-refractivity contribution in [3.05, 3.63) is 0 Å². The molecule has 7 heteroatoms. The van der Waals surface area contributed by atoms with Crippen LogP contribution in [0.1, 0.15) is 71.6 Å². The van der Waals surface area contributed by atoms with Crippen molar-refractivity contribution in [3.8, 4) is 0 Å². The molecule has 149 valence electrons. The molecular formula is C19H37NNaO5. The van der Waals surface area contributed by atoms with E-state index in [9.17, 15) is 9.59 Å². The maximum Gasteiger partial charge on any atom is 0.304 e. The van der Waals surface area contributed by atoms with Crippen molar-refractivity contribution in [1.29, 1.82) is 0 Å². The first kappa shape index (κ1) is 28.1. The van der Waals surface area contributed by atoms with E-state index in [4.69, 9.17) is 14.9 Å². The fraction of sp³-hybridized carbons (Fsp3) is 0.895. The van der Waals surface area contributed by atoms with Gasteiger partial charge in [0.1, 0.15) is 0 Å². The Hall–Kier alpha value is -0.140. The van der Waals surface area contributed by atoms with Gasteiger partial charge in [0.2, 0.25) is 0 Å². The standard InChI is InChI=1S/C19H37NO5.Na/c1-17(2)9-6-4-3-5-7-15-25-16-8-12-20(13-10-18(21)22)14-11-19(23)24;/h17H,3-16H2,1-2H3,(H,21,22)(H,23,24);. The number of nitrogens with zero attached hydrogens (tertiary/aromatic N) is 1. The van der Waals surface area contributed by atoms with Crippen LogP contribution in [0.4, 0.5) is 0 Å². The molecule has 0 saturated heterocycles. The van der Waals surface area contributed by atoms with Gasteiger partial charge in [-0.25, -0.2) is 0 Å². The Morgan fingerprint density at radius 2 is 1.31 bits per heavy atom. The van der Waals surface area contributed by atoms with Crippen LogP contribution in [0.15, 0.2) is 0 Å². The topological polar surface area (TPSA) is 87.1 Å². The van der Waals surface area contributed by atoms with Gasteiger partial charge in [-0.2, -0.15) is 0 Å². The summed E-state index contributed by atoms with van der Waals surface area (Å²) in [4.78, 5) is 23.2. The predicted molar refractivity (Wildman–Crippen MR) is 105 cm³/mol. The molecule has 0 aromatic carbocycles. The number of ether oxygens (including phenoxy) is 1. The number of hydrogen-bond acceptors (Lipinski definition) is 4. The van der Waals surface area contributed by atoms with E-state index in [1.54, 1.807) is 0 Å². The van der Waals surface area contributed by atoms with Crippen LogP contribution in [-0.2, 0) is 14.3 Å². The molecule has 0 fully saturated rings. The van der Waals surface area contributed by atoms with Gasteiger partial charge >= 0.3 is 11.9 Å². The minimum Gasteiger partial charge on any atom is -0.481 e. The summed E-state index contributed by atoms with van der Waals surface area (Å²) >= 11 is 0. The number of carbonyl (C=O) groups is 2. The van der Waals surface area contributed by atoms with Crippen LogP contribution in [0.5, 0.6) is 0 Å². The molecule has 0 atom stereocenters. The molecule has 0 aromatic rings. The van der Waals surface area contributed by atoms with E-state index in [1.807, 2.05) is 4.90 Å². The Balaban J connectivity index is 0. The number of rotatable bonds is 18. The van der Waals surface area contributed by atoms with Crippen LogP contribution < -0.4 is 0 Å². The number of aliphatic carboxylic acids is 2. The van der Waals surface area contributed by atoms with Crippen LogP contribution in [0.2, 0.25) is 0 Å². The zero-order valence-corrected chi connectivity index (χ0v) is 19.0. The fourth-order valence-electron chi connectivity index (χ4n) is 2.62. The van der Waals surface area contributed by atoms with Gasteiger partial charge in [0.25, 0.3) is 0 Å². The van der Waals surface area contributed by atoms with E-state index in [2.05, 4.69) is 13.8 Å². The number of unbranched alkanes of at least 4 members (excludes halogenated alkanes) is 4. The molecule has 0 amide bonds. The zero-order valence-electron chi connectivity index (χ0n) is 17.0. The van der Waals surface area contributed by atoms with Crippen molar-refractivity contribution in [2.45, 2.75) is 71.6 Å². The van der Waals surface area contributed by atoms with Gasteiger partial charge in [0, 0.05) is 62.4 Å². The minimum atomic E-state index is -0.857. The Morgan fingerprint density at radius 1 is 0.808 bits per heavy atom. The summed E-state index contributed by atoms with van der Waals surface area (Å²) in [5, 5.41) is 17.5. The molecule has 26 heavy (non-hydrogen) atoms. The average molecular weight is 382 g/mol. The first-order valence-electron chi connectivity index (χ1n) is 9.65. The SMILES string of the molecule is CC(C)CCCCCCCOCCCN(CCC(=O)O)CCC(=O)O.[Na]. The summed E-state index contributed by atoms with van der Waals surface area (Å²) in [7, 11) is 0. The van der Waals surface area contributed by atoms with E-state index >= 15 is 0 Å². The summed E-state index contributed by atoms with van der Waals surface area (Å²) in [6, 6.07) is 0. The van der Waals surface area contributed by atoms with Crippen LogP contribution >= 0.6 is 0 Å². The summed E-state index contributed by atoms with van der Waals surface area (Å²) < 4.78 is 5.62. The summed E-state index contributed by atoms with van der Waals surface area (Å²) in [5.41, 5.74) is 0. The van der Waals surface area contributed by atoms with E-state index in [0.29, 0.717) is 26.2 Å². The van der Waals surface area contributed by atoms with Crippen LogP contribution in [0.3, 0.4) is 0 Å². The summed E-state index contributed by atoms with van der Waals surface area (Å²) in [6.45, 7) is 7.39. The van der Waals surface area contributed by atoms with Gasteiger partial charge in [0.05, 0.1) is 12.8 Å². The molecular weight excluding hydrogens is 345 g/mol. The molecule has 0 heterocycles. The third kappa shape index (κ3) is 21.9.